The topological polar surface area (TPSA) is 59.0 Å². The van der Waals surface area contributed by atoms with Crippen LogP contribution in [0.3, 0.4) is 0 Å². The Morgan fingerprint density at radius 1 is 1.15 bits per heavy atom. The van der Waals surface area contributed by atoms with Gasteiger partial charge in [-0.15, -0.1) is 0 Å². The molecule has 0 radical (unpaired) electrons. The van der Waals surface area contributed by atoms with Gasteiger partial charge in [-0.1, -0.05) is 42.5 Å². The molecule has 2 aromatic rings. The van der Waals surface area contributed by atoms with E-state index >= 15 is 0 Å². The fourth-order valence-electron chi connectivity index (χ4n) is 3.27. The molecule has 1 aliphatic rings. The highest BCUT2D eigenvalue weighted by molar-refractivity contribution is 5.75. The standard InChI is InChI=1S/C21H25NO4/c1-25-21(24)20-13-18(23)10-11-22(20)14-17-8-5-9-19(12-17)26-15-16-6-3-2-4-7-16/h2-9,12,18,20,23H,10-11,13-15H2,1H3/t18-,20+/m0/s1. The second-order valence-corrected chi connectivity index (χ2v) is 6.61. The summed E-state index contributed by atoms with van der Waals surface area (Å²) in [6.45, 7) is 1.80. The lowest BCUT2D eigenvalue weighted by molar-refractivity contribution is -0.150. The number of aliphatic hydroxyl groups excluding tert-OH is 1. The Hall–Kier alpha value is -2.37. The Morgan fingerprint density at radius 2 is 1.92 bits per heavy atom. The van der Waals surface area contributed by atoms with Gasteiger partial charge in [0.25, 0.3) is 0 Å². The van der Waals surface area contributed by atoms with Crippen LogP contribution in [0.2, 0.25) is 0 Å². The van der Waals surface area contributed by atoms with Crippen molar-refractivity contribution < 1.29 is 19.4 Å². The summed E-state index contributed by atoms with van der Waals surface area (Å²) in [5, 5.41) is 9.88. The molecule has 0 unspecified atom stereocenters. The maximum Gasteiger partial charge on any atom is 0.323 e. The van der Waals surface area contributed by atoms with Crippen LogP contribution in [0.25, 0.3) is 0 Å². The Kier molecular flexibility index (Phi) is 6.26. The van der Waals surface area contributed by atoms with E-state index in [9.17, 15) is 9.90 Å². The lowest BCUT2D eigenvalue weighted by Gasteiger charge is -2.36. The van der Waals surface area contributed by atoms with Crippen molar-refractivity contribution in [3.8, 4) is 5.75 Å². The van der Waals surface area contributed by atoms with Gasteiger partial charge in [-0.3, -0.25) is 9.69 Å². The minimum atomic E-state index is -0.448. The quantitative estimate of drug-likeness (QED) is 0.808. The van der Waals surface area contributed by atoms with Gasteiger partial charge < -0.3 is 14.6 Å². The normalized spacial score (nSPS) is 20.5. The van der Waals surface area contributed by atoms with Gasteiger partial charge in [0, 0.05) is 13.1 Å². The van der Waals surface area contributed by atoms with E-state index < -0.39 is 12.1 Å². The molecule has 0 saturated carbocycles. The average Bonchev–Trinajstić information content (AvgIpc) is 2.68. The molecule has 0 bridgehead atoms. The second-order valence-electron chi connectivity index (χ2n) is 6.61. The molecule has 26 heavy (non-hydrogen) atoms. The SMILES string of the molecule is COC(=O)[C@H]1C[C@@H](O)CCN1Cc1cccc(OCc2ccccc2)c1. The zero-order valence-corrected chi connectivity index (χ0v) is 15.0. The van der Waals surface area contributed by atoms with Crippen LogP contribution in [0.15, 0.2) is 54.6 Å². The molecule has 1 fully saturated rings. The molecule has 3 rings (SSSR count). The number of aliphatic hydroxyl groups is 1. The van der Waals surface area contributed by atoms with E-state index in [2.05, 4.69) is 4.90 Å². The largest absolute Gasteiger partial charge is 0.489 e. The molecular formula is C21H25NO4. The lowest BCUT2D eigenvalue weighted by atomic mass is 9.98. The van der Waals surface area contributed by atoms with Gasteiger partial charge in [0.05, 0.1) is 13.2 Å². The highest BCUT2D eigenvalue weighted by atomic mass is 16.5. The minimum Gasteiger partial charge on any atom is -0.489 e. The summed E-state index contributed by atoms with van der Waals surface area (Å²) in [5.41, 5.74) is 2.19. The molecule has 1 saturated heterocycles. The predicted octanol–water partition coefficient (Wildman–Crippen LogP) is 2.76. The van der Waals surface area contributed by atoms with Gasteiger partial charge in [-0.25, -0.2) is 0 Å². The van der Waals surface area contributed by atoms with E-state index in [1.165, 1.54) is 7.11 Å². The number of ether oxygens (including phenoxy) is 2. The molecular weight excluding hydrogens is 330 g/mol. The molecule has 5 heteroatoms. The Labute approximate surface area is 154 Å². The summed E-state index contributed by atoms with van der Waals surface area (Å²) in [4.78, 5) is 14.1. The van der Waals surface area contributed by atoms with Gasteiger partial charge >= 0.3 is 5.97 Å². The number of likely N-dealkylation sites (tertiary alicyclic amines) is 1. The van der Waals surface area contributed by atoms with E-state index in [0.29, 0.717) is 32.5 Å². The highest BCUT2D eigenvalue weighted by Crippen LogP contribution is 2.23. The smallest absolute Gasteiger partial charge is 0.323 e. The van der Waals surface area contributed by atoms with Crippen molar-refractivity contribution in [1.29, 1.82) is 0 Å². The van der Waals surface area contributed by atoms with Crippen LogP contribution in [0.1, 0.15) is 24.0 Å². The molecule has 0 spiro atoms. The van der Waals surface area contributed by atoms with Gasteiger partial charge in [-0.2, -0.15) is 0 Å². The first-order valence-electron chi connectivity index (χ1n) is 8.91. The summed E-state index contributed by atoms with van der Waals surface area (Å²) in [5.74, 6) is 0.512. The summed E-state index contributed by atoms with van der Waals surface area (Å²) < 4.78 is 10.8. The first-order chi connectivity index (χ1) is 12.7. The average molecular weight is 355 g/mol. The number of esters is 1. The van der Waals surface area contributed by atoms with E-state index in [1.807, 2.05) is 54.6 Å². The summed E-state index contributed by atoms with van der Waals surface area (Å²) in [6, 6.07) is 17.5. The van der Waals surface area contributed by atoms with Crippen molar-refractivity contribution in [3.63, 3.8) is 0 Å². The van der Waals surface area contributed by atoms with Crippen LogP contribution in [0, 0.1) is 0 Å². The third kappa shape index (κ3) is 4.84. The molecule has 1 aliphatic heterocycles. The highest BCUT2D eigenvalue weighted by Gasteiger charge is 2.33. The maximum atomic E-state index is 12.0. The van der Waals surface area contributed by atoms with Gasteiger partial charge in [0.15, 0.2) is 0 Å². The first kappa shape index (κ1) is 18.4. The molecule has 0 aliphatic carbocycles. The van der Waals surface area contributed by atoms with Crippen LogP contribution >= 0.6 is 0 Å². The third-order valence-corrected chi connectivity index (χ3v) is 4.69. The van der Waals surface area contributed by atoms with Crippen LogP contribution < -0.4 is 4.74 Å². The van der Waals surface area contributed by atoms with Crippen molar-refractivity contribution in [2.45, 2.75) is 38.1 Å². The number of nitrogens with zero attached hydrogens (tertiary/aromatic N) is 1. The van der Waals surface area contributed by atoms with E-state index in [1.54, 1.807) is 0 Å². The van der Waals surface area contributed by atoms with E-state index in [-0.39, 0.29) is 5.97 Å². The van der Waals surface area contributed by atoms with Crippen molar-refractivity contribution in [3.05, 3.63) is 65.7 Å². The van der Waals surface area contributed by atoms with Crippen LogP contribution in [0.4, 0.5) is 0 Å². The Balaban J connectivity index is 1.64. The third-order valence-electron chi connectivity index (χ3n) is 4.69. The van der Waals surface area contributed by atoms with Crippen LogP contribution in [0.5, 0.6) is 5.75 Å². The number of carbonyl (C=O) groups is 1. The molecule has 1 N–H and O–H groups in total. The zero-order valence-electron chi connectivity index (χ0n) is 15.0. The predicted molar refractivity (Wildman–Crippen MR) is 98.7 cm³/mol. The number of benzene rings is 2. The van der Waals surface area contributed by atoms with Crippen molar-refractivity contribution >= 4 is 5.97 Å². The number of methoxy groups -OCH3 is 1. The zero-order chi connectivity index (χ0) is 18.4. The second kappa shape index (κ2) is 8.83. The molecule has 5 nitrogen and oxygen atoms in total. The lowest BCUT2D eigenvalue weighted by Crippen LogP contribution is -2.48. The molecule has 1 heterocycles. The Morgan fingerprint density at radius 3 is 2.69 bits per heavy atom. The molecule has 138 valence electrons. The fourth-order valence-corrected chi connectivity index (χ4v) is 3.27. The number of hydrogen-bond donors (Lipinski definition) is 1. The molecule has 0 aromatic heterocycles. The monoisotopic (exact) mass is 355 g/mol. The number of hydrogen-bond acceptors (Lipinski definition) is 5. The van der Waals surface area contributed by atoms with Crippen LogP contribution in [-0.2, 0) is 22.7 Å². The van der Waals surface area contributed by atoms with Crippen molar-refractivity contribution in [2.24, 2.45) is 0 Å². The van der Waals surface area contributed by atoms with E-state index in [4.69, 9.17) is 9.47 Å². The van der Waals surface area contributed by atoms with E-state index in [0.717, 1.165) is 16.9 Å². The Bertz CT molecular complexity index is 719. The van der Waals surface area contributed by atoms with Gasteiger partial charge in [0.2, 0.25) is 0 Å². The summed E-state index contributed by atoms with van der Waals surface area (Å²) >= 11 is 0. The summed E-state index contributed by atoms with van der Waals surface area (Å²) in [6.07, 6.45) is 0.630. The van der Waals surface area contributed by atoms with Gasteiger partial charge in [-0.05, 0) is 36.1 Å². The van der Waals surface area contributed by atoms with Gasteiger partial charge in [0.1, 0.15) is 18.4 Å². The fraction of sp³-hybridized carbons (Fsp3) is 0.381. The van der Waals surface area contributed by atoms with Crippen molar-refractivity contribution in [1.82, 2.24) is 4.90 Å². The number of rotatable bonds is 6. The summed E-state index contributed by atoms with van der Waals surface area (Å²) in [7, 11) is 1.39. The maximum absolute atomic E-state index is 12.0. The first-order valence-corrected chi connectivity index (χ1v) is 8.91. The molecule has 0 amide bonds. The number of carbonyl (C=O) groups excluding carboxylic acids is 1. The molecule has 2 atom stereocenters. The van der Waals surface area contributed by atoms with Crippen molar-refractivity contribution in [2.75, 3.05) is 13.7 Å². The molecule has 2 aromatic carbocycles. The van der Waals surface area contributed by atoms with Crippen LogP contribution in [-0.4, -0.2) is 41.8 Å². The number of piperidine rings is 1. The minimum absolute atomic E-state index is 0.291.